The Morgan fingerprint density at radius 1 is 1.21 bits per heavy atom. The van der Waals surface area contributed by atoms with Gasteiger partial charge in [0.05, 0.1) is 12.9 Å². The zero-order valence-corrected chi connectivity index (χ0v) is 24.9. The number of aromatic nitrogens is 4. The number of halogens is 2. The largest absolute Gasteiger partial charge is 0.490 e. The van der Waals surface area contributed by atoms with Crippen molar-refractivity contribution >= 4 is 57.9 Å². The number of nitrogen functional groups attached to an aromatic ring is 1. The number of rotatable bonds is 13. The number of alkyl halides is 1. The van der Waals surface area contributed by atoms with Crippen LogP contribution in [0, 0.1) is 0 Å². The maximum absolute atomic E-state index is 15.0. The molecule has 236 valence electrons. The Labute approximate surface area is 245 Å². The van der Waals surface area contributed by atoms with Crippen LogP contribution in [-0.4, -0.2) is 76.5 Å². The molecule has 0 aliphatic carbocycles. The summed E-state index contributed by atoms with van der Waals surface area (Å²) >= 11 is 5.80. The second-order valence-corrected chi connectivity index (χ2v) is 13.9. The molecule has 0 amide bonds. The van der Waals surface area contributed by atoms with E-state index in [1.165, 1.54) is 24.3 Å². The fraction of sp³-hybridized carbons (Fsp3) is 0.368. The van der Waals surface area contributed by atoms with Gasteiger partial charge < -0.3 is 35.0 Å². The summed E-state index contributed by atoms with van der Waals surface area (Å²) in [5, 5.41) is 21.0. The van der Waals surface area contributed by atoms with Gasteiger partial charge in [-0.15, -0.1) is 0 Å². The van der Waals surface area contributed by atoms with E-state index in [2.05, 4.69) is 28.1 Å². The summed E-state index contributed by atoms with van der Waals surface area (Å²) in [5.74, 6) is -1.89. The molecule has 0 radical (unpaired) electrons. The van der Waals surface area contributed by atoms with Crippen molar-refractivity contribution in [2.75, 3.05) is 12.3 Å². The van der Waals surface area contributed by atoms with Crippen LogP contribution < -0.4 is 15.3 Å². The number of phosphoric acid groups is 2. The van der Waals surface area contributed by atoms with E-state index in [4.69, 9.17) is 31.7 Å². The SMILES string of the molecule is CC(NP(=O)(Oc1ccccc1)OP(=O)(O)OP(=O)(O)OC[C@H]1O[C@@H](n2cnc3c(N)nc(Cl)nc32)[C@@H](F)[C@@H]1O)C(=O)O. The lowest BCUT2D eigenvalue weighted by Gasteiger charge is -2.24. The Hall–Kier alpha value is -2.57. The van der Waals surface area contributed by atoms with Gasteiger partial charge in [0.15, 0.2) is 23.9 Å². The van der Waals surface area contributed by atoms with E-state index in [1.54, 1.807) is 6.07 Å². The second kappa shape index (κ2) is 12.8. The number of imidazole rings is 1. The number of carboxylic acid groups (broad SMARTS) is 1. The number of aliphatic hydroxyl groups excluding tert-OH is 1. The number of anilines is 1. The molecule has 24 heteroatoms. The van der Waals surface area contributed by atoms with Gasteiger partial charge in [-0.1, -0.05) is 18.2 Å². The number of hydrogen-bond donors (Lipinski definition) is 6. The minimum Gasteiger partial charge on any atom is -0.480 e. The number of carbonyl (C=O) groups is 1. The summed E-state index contributed by atoms with van der Waals surface area (Å²) in [7, 11) is -16.5. The van der Waals surface area contributed by atoms with Crippen molar-refractivity contribution in [2.45, 2.75) is 37.6 Å². The van der Waals surface area contributed by atoms with Gasteiger partial charge in [-0.25, -0.2) is 23.1 Å². The predicted molar refractivity (Wildman–Crippen MR) is 142 cm³/mol. The van der Waals surface area contributed by atoms with Crippen molar-refractivity contribution in [2.24, 2.45) is 0 Å². The maximum atomic E-state index is 15.0. The standard InChI is InChI=1S/C19H23ClFN6O13P3/c1-9(18(29)30)26-41(31,38-10-5-3-2-4-6-10)39-43(34,35)40-42(32,33)36-7-11-14(28)12(21)17(37-11)27-8-23-13-15(22)24-19(20)25-16(13)27/h2-6,8-9,11-12,14,17,28H,7H2,1H3,(H,26,31)(H,29,30)(H,32,33)(H,34,35)(H2,22,24,25)/t9?,11-,12+,14-,17-,41?/m1/s1. The van der Waals surface area contributed by atoms with Gasteiger partial charge in [-0.2, -0.15) is 23.7 Å². The quantitative estimate of drug-likeness (QED) is 0.111. The summed E-state index contributed by atoms with van der Waals surface area (Å²) in [6.07, 6.45) is -6.31. The zero-order chi connectivity index (χ0) is 31.7. The molecule has 7 N–H and O–H groups in total. The third-order valence-electron chi connectivity index (χ3n) is 5.50. The molecule has 0 bridgehead atoms. The predicted octanol–water partition coefficient (Wildman–Crippen LogP) is 2.16. The van der Waals surface area contributed by atoms with Crippen molar-refractivity contribution in [1.82, 2.24) is 24.6 Å². The van der Waals surface area contributed by atoms with Gasteiger partial charge in [0, 0.05) is 0 Å². The molecule has 4 rings (SSSR count). The third kappa shape index (κ3) is 8.13. The molecule has 0 saturated carbocycles. The Morgan fingerprint density at radius 2 is 1.88 bits per heavy atom. The molecule has 1 aliphatic rings. The first-order chi connectivity index (χ1) is 20.0. The van der Waals surface area contributed by atoms with Gasteiger partial charge in [0.25, 0.3) is 0 Å². The fourth-order valence-corrected chi connectivity index (χ4v) is 8.18. The van der Waals surface area contributed by atoms with Crippen LogP contribution in [0.4, 0.5) is 10.2 Å². The van der Waals surface area contributed by atoms with Crippen LogP contribution in [0.1, 0.15) is 13.2 Å². The summed E-state index contributed by atoms with van der Waals surface area (Å²) in [6.45, 7) is -0.0832. The van der Waals surface area contributed by atoms with Crippen LogP contribution in [-0.2, 0) is 36.4 Å². The molecule has 1 aliphatic heterocycles. The molecule has 3 aromatic rings. The van der Waals surface area contributed by atoms with Gasteiger partial charge in [0.2, 0.25) is 5.28 Å². The number of nitrogens with zero attached hydrogens (tertiary/aromatic N) is 4. The number of para-hydroxylation sites is 1. The number of hydrogen-bond acceptors (Lipinski definition) is 14. The highest BCUT2D eigenvalue weighted by molar-refractivity contribution is 7.68. The molecule has 3 heterocycles. The van der Waals surface area contributed by atoms with Crippen molar-refractivity contribution in [3.63, 3.8) is 0 Å². The molecular weight excluding hydrogens is 668 g/mol. The van der Waals surface area contributed by atoms with Crippen molar-refractivity contribution in [3.8, 4) is 5.75 Å². The molecule has 4 unspecified atom stereocenters. The fourth-order valence-electron chi connectivity index (χ4n) is 3.61. The summed E-state index contributed by atoms with van der Waals surface area (Å²) in [4.78, 5) is 42.9. The first kappa shape index (κ1) is 33.3. The first-order valence-corrected chi connectivity index (χ1v) is 16.6. The maximum Gasteiger partial charge on any atom is 0.490 e. The van der Waals surface area contributed by atoms with E-state index in [0.717, 1.165) is 17.8 Å². The summed E-state index contributed by atoms with van der Waals surface area (Å²) < 4.78 is 77.9. The normalized spacial score (nSPS) is 25.4. The van der Waals surface area contributed by atoms with Crippen LogP contribution in [0.25, 0.3) is 11.2 Å². The highest BCUT2D eigenvalue weighted by Crippen LogP contribution is 2.67. The van der Waals surface area contributed by atoms with Crippen LogP contribution in [0.2, 0.25) is 5.28 Å². The molecule has 2 aromatic heterocycles. The molecule has 1 fully saturated rings. The van der Waals surface area contributed by atoms with E-state index in [0.29, 0.717) is 0 Å². The highest BCUT2D eigenvalue weighted by atomic mass is 35.5. The zero-order valence-electron chi connectivity index (χ0n) is 21.5. The lowest BCUT2D eigenvalue weighted by atomic mass is 10.1. The van der Waals surface area contributed by atoms with Crippen molar-refractivity contribution in [3.05, 3.63) is 41.9 Å². The second-order valence-electron chi connectivity index (χ2n) is 8.69. The van der Waals surface area contributed by atoms with E-state index >= 15 is 0 Å². The van der Waals surface area contributed by atoms with Crippen LogP contribution in [0.5, 0.6) is 5.75 Å². The van der Waals surface area contributed by atoms with Gasteiger partial charge >= 0.3 is 29.4 Å². The number of ether oxygens (including phenoxy) is 1. The van der Waals surface area contributed by atoms with Crippen LogP contribution in [0.15, 0.2) is 36.7 Å². The summed E-state index contributed by atoms with van der Waals surface area (Å²) in [5.41, 5.74) is 5.71. The van der Waals surface area contributed by atoms with Gasteiger partial charge in [-0.3, -0.25) is 13.9 Å². The van der Waals surface area contributed by atoms with E-state index < -0.39 is 66.6 Å². The Bertz CT molecular complexity index is 1640. The van der Waals surface area contributed by atoms with Crippen molar-refractivity contribution in [1.29, 1.82) is 0 Å². The van der Waals surface area contributed by atoms with E-state index in [1.807, 2.05) is 5.09 Å². The average Bonchev–Trinajstić information content (AvgIpc) is 3.42. The lowest BCUT2D eigenvalue weighted by Crippen LogP contribution is -2.33. The number of aliphatic carboxylic acids is 1. The molecule has 1 aromatic carbocycles. The smallest absolute Gasteiger partial charge is 0.480 e. The molecule has 8 atom stereocenters. The molecule has 19 nitrogen and oxygen atoms in total. The number of nitrogens with one attached hydrogen (secondary N) is 1. The first-order valence-electron chi connectivity index (χ1n) is 11.7. The average molecular weight is 691 g/mol. The number of benzene rings is 1. The van der Waals surface area contributed by atoms with Gasteiger partial charge in [-0.05, 0) is 30.7 Å². The number of phosphoric ester groups is 1. The highest BCUT2D eigenvalue weighted by Gasteiger charge is 2.49. The van der Waals surface area contributed by atoms with E-state index in [9.17, 15) is 37.8 Å². The molecule has 0 spiro atoms. The van der Waals surface area contributed by atoms with E-state index in [-0.39, 0.29) is 28.0 Å². The van der Waals surface area contributed by atoms with Crippen LogP contribution >= 0.6 is 35.0 Å². The third-order valence-corrected chi connectivity index (χ3v) is 10.6. The monoisotopic (exact) mass is 690 g/mol. The Kier molecular flexibility index (Phi) is 9.93. The Balaban J connectivity index is 1.44. The van der Waals surface area contributed by atoms with Crippen LogP contribution in [0.3, 0.4) is 0 Å². The molecular formula is C19H23ClFN6O13P3. The number of aliphatic hydroxyl groups is 1. The van der Waals surface area contributed by atoms with Crippen molar-refractivity contribution < 1.29 is 65.3 Å². The topological polar surface area (TPSA) is 277 Å². The summed E-state index contributed by atoms with van der Waals surface area (Å²) in [6, 6.07) is 5.21. The number of fused-ring (bicyclic) bond motifs is 1. The molecule has 43 heavy (non-hydrogen) atoms. The number of carboxylic acids is 1. The lowest BCUT2D eigenvalue weighted by molar-refractivity contribution is -0.138. The Morgan fingerprint density at radius 3 is 2.53 bits per heavy atom. The minimum atomic E-state index is -5.85. The van der Waals surface area contributed by atoms with Gasteiger partial charge in [0.1, 0.15) is 29.5 Å². The molecule has 1 saturated heterocycles. The minimum absolute atomic E-state index is 0.0436. The number of nitrogens with two attached hydrogens (primary N) is 1.